The third-order valence-electron chi connectivity index (χ3n) is 2.19. The summed E-state index contributed by atoms with van der Waals surface area (Å²) in [7, 11) is 0. The fraction of sp³-hybridized carbons (Fsp3) is 0.429. The van der Waals surface area contributed by atoms with Crippen LogP contribution in [0.3, 0.4) is 0 Å². The molecule has 0 aliphatic carbocycles. The van der Waals surface area contributed by atoms with Crippen LogP contribution in [-0.4, -0.2) is 0 Å². The molecule has 0 fully saturated rings. The van der Waals surface area contributed by atoms with Crippen molar-refractivity contribution in [2.75, 3.05) is 0 Å². The van der Waals surface area contributed by atoms with Gasteiger partial charge >= 0.3 is 0 Å². The van der Waals surface area contributed by atoms with Crippen molar-refractivity contribution in [1.82, 2.24) is 0 Å². The standard InChI is InChI=1S/C14H19BrO/c1-10(2)9-16-13-11(14(3,4)5)7-6-8-12(13)15/h6-9H,1-5H3. The summed E-state index contributed by atoms with van der Waals surface area (Å²) in [6.07, 6.45) is 1.79. The maximum absolute atomic E-state index is 5.75. The Morgan fingerprint density at radius 1 is 1.25 bits per heavy atom. The molecule has 1 aromatic carbocycles. The Kier molecular flexibility index (Phi) is 4.20. The number of ether oxygens (including phenoxy) is 1. The average molecular weight is 283 g/mol. The second kappa shape index (κ2) is 5.05. The minimum atomic E-state index is 0.0780. The molecule has 0 aliphatic heterocycles. The Hall–Kier alpha value is -0.760. The number of rotatable bonds is 2. The number of hydrogen-bond acceptors (Lipinski definition) is 1. The van der Waals surface area contributed by atoms with E-state index in [1.54, 1.807) is 6.26 Å². The van der Waals surface area contributed by atoms with Crippen molar-refractivity contribution in [3.63, 3.8) is 0 Å². The van der Waals surface area contributed by atoms with Crippen LogP contribution in [0.25, 0.3) is 0 Å². The predicted octanol–water partition coefficient (Wildman–Crippen LogP) is 5.05. The maximum Gasteiger partial charge on any atom is 0.144 e. The molecule has 16 heavy (non-hydrogen) atoms. The van der Waals surface area contributed by atoms with Gasteiger partial charge in [-0.05, 0) is 46.8 Å². The van der Waals surface area contributed by atoms with Crippen LogP contribution >= 0.6 is 15.9 Å². The molecule has 0 atom stereocenters. The van der Waals surface area contributed by atoms with Crippen molar-refractivity contribution in [3.8, 4) is 5.75 Å². The molecule has 1 aromatic rings. The highest BCUT2D eigenvalue weighted by molar-refractivity contribution is 9.10. The van der Waals surface area contributed by atoms with Gasteiger partial charge in [-0.2, -0.15) is 0 Å². The molecule has 0 bridgehead atoms. The minimum absolute atomic E-state index is 0.0780. The van der Waals surface area contributed by atoms with Gasteiger partial charge in [-0.15, -0.1) is 0 Å². The summed E-state index contributed by atoms with van der Waals surface area (Å²) < 4.78 is 6.74. The zero-order valence-corrected chi connectivity index (χ0v) is 12.2. The summed E-state index contributed by atoms with van der Waals surface area (Å²) in [6, 6.07) is 6.16. The summed E-state index contributed by atoms with van der Waals surface area (Å²) >= 11 is 3.54. The van der Waals surface area contributed by atoms with E-state index in [0.29, 0.717) is 0 Å². The highest BCUT2D eigenvalue weighted by Crippen LogP contribution is 2.37. The molecule has 0 unspecified atom stereocenters. The van der Waals surface area contributed by atoms with Crippen LogP contribution in [0.15, 0.2) is 34.5 Å². The molecular formula is C14H19BrO. The van der Waals surface area contributed by atoms with E-state index in [1.807, 2.05) is 26.0 Å². The monoisotopic (exact) mass is 282 g/mol. The Morgan fingerprint density at radius 2 is 1.88 bits per heavy atom. The quantitative estimate of drug-likeness (QED) is 0.690. The lowest BCUT2D eigenvalue weighted by Crippen LogP contribution is -2.12. The van der Waals surface area contributed by atoms with Crippen LogP contribution in [0.1, 0.15) is 40.2 Å². The van der Waals surface area contributed by atoms with Crippen molar-refractivity contribution in [3.05, 3.63) is 40.1 Å². The van der Waals surface area contributed by atoms with Crippen molar-refractivity contribution in [1.29, 1.82) is 0 Å². The molecule has 88 valence electrons. The highest BCUT2D eigenvalue weighted by atomic mass is 79.9. The Bertz CT molecular complexity index is 396. The second-order valence-corrected chi connectivity index (χ2v) is 6.03. The fourth-order valence-corrected chi connectivity index (χ4v) is 1.86. The molecule has 0 heterocycles. The molecule has 0 spiro atoms. The van der Waals surface area contributed by atoms with Crippen molar-refractivity contribution >= 4 is 15.9 Å². The molecule has 2 heteroatoms. The fourth-order valence-electron chi connectivity index (χ4n) is 1.40. The number of allylic oxidation sites excluding steroid dienone is 1. The Morgan fingerprint density at radius 3 is 2.38 bits per heavy atom. The molecule has 0 radical (unpaired) electrons. The van der Waals surface area contributed by atoms with E-state index in [2.05, 4.69) is 42.8 Å². The second-order valence-electron chi connectivity index (χ2n) is 5.18. The van der Waals surface area contributed by atoms with Crippen LogP contribution in [0.2, 0.25) is 0 Å². The third-order valence-corrected chi connectivity index (χ3v) is 2.81. The molecule has 0 aliphatic rings. The molecule has 0 saturated carbocycles. The molecule has 0 saturated heterocycles. The average Bonchev–Trinajstić information content (AvgIpc) is 2.13. The van der Waals surface area contributed by atoms with Crippen LogP contribution in [0, 0.1) is 0 Å². The first-order chi connectivity index (χ1) is 7.32. The lowest BCUT2D eigenvalue weighted by atomic mass is 9.86. The molecule has 1 rings (SSSR count). The third kappa shape index (κ3) is 3.38. The van der Waals surface area contributed by atoms with Gasteiger partial charge in [-0.1, -0.05) is 32.9 Å². The summed E-state index contributed by atoms with van der Waals surface area (Å²) in [5.74, 6) is 0.913. The zero-order valence-electron chi connectivity index (χ0n) is 10.6. The van der Waals surface area contributed by atoms with Gasteiger partial charge in [0.15, 0.2) is 0 Å². The Labute approximate surface area is 107 Å². The van der Waals surface area contributed by atoms with E-state index in [0.717, 1.165) is 15.8 Å². The van der Waals surface area contributed by atoms with Gasteiger partial charge in [-0.25, -0.2) is 0 Å². The van der Waals surface area contributed by atoms with E-state index in [9.17, 15) is 0 Å². The van der Waals surface area contributed by atoms with E-state index in [4.69, 9.17) is 4.74 Å². The topological polar surface area (TPSA) is 9.23 Å². The van der Waals surface area contributed by atoms with Gasteiger partial charge < -0.3 is 4.74 Å². The van der Waals surface area contributed by atoms with Crippen molar-refractivity contribution < 1.29 is 4.74 Å². The first-order valence-electron chi connectivity index (χ1n) is 5.41. The molecule has 0 amide bonds. The van der Waals surface area contributed by atoms with Crippen molar-refractivity contribution in [2.45, 2.75) is 40.0 Å². The molecule has 0 aromatic heterocycles. The van der Waals surface area contributed by atoms with Crippen LogP contribution in [0.4, 0.5) is 0 Å². The zero-order chi connectivity index (χ0) is 12.3. The maximum atomic E-state index is 5.75. The number of para-hydroxylation sites is 1. The molecule has 1 nitrogen and oxygen atoms in total. The summed E-state index contributed by atoms with van der Waals surface area (Å²) in [5, 5.41) is 0. The van der Waals surface area contributed by atoms with E-state index in [-0.39, 0.29) is 5.41 Å². The predicted molar refractivity (Wildman–Crippen MR) is 72.9 cm³/mol. The molecule has 0 N–H and O–H groups in total. The number of benzene rings is 1. The van der Waals surface area contributed by atoms with Gasteiger partial charge in [0.2, 0.25) is 0 Å². The minimum Gasteiger partial charge on any atom is -0.464 e. The van der Waals surface area contributed by atoms with E-state index < -0.39 is 0 Å². The van der Waals surface area contributed by atoms with Crippen LogP contribution in [0.5, 0.6) is 5.75 Å². The lowest BCUT2D eigenvalue weighted by Gasteiger charge is -2.22. The summed E-state index contributed by atoms with van der Waals surface area (Å²) in [5.41, 5.74) is 2.43. The SMILES string of the molecule is CC(C)=COc1c(Br)cccc1C(C)(C)C. The van der Waals surface area contributed by atoms with Crippen LogP contribution in [-0.2, 0) is 5.41 Å². The lowest BCUT2D eigenvalue weighted by molar-refractivity contribution is 0.447. The van der Waals surface area contributed by atoms with Gasteiger partial charge in [0.25, 0.3) is 0 Å². The number of hydrogen-bond donors (Lipinski definition) is 0. The smallest absolute Gasteiger partial charge is 0.144 e. The first kappa shape index (κ1) is 13.3. The highest BCUT2D eigenvalue weighted by Gasteiger charge is 2.20. The molecular weight excluding hydrogens is 264 g/mol. The van der Waals surface area contributed by atoms with Gasteiger partial charge in [0.05, 0.1) is 10.7 Å². The Balaban J connectivity index is 3.19. The largest absolute Gasteiger partial charge is 0.464 e. The van der Waals surface area contributed by atoms with Crippen LogP contribution < -0.4 is 4.74 Å². The van der Waals surface area contributed by atoms with Gasteiger partial charge in [0, 0.05) is 5.56 Å². The van der Waals surface area contributed by atoms with Crippen molar-refractivity contribution in [2.24, 2.45) is 0 Å². The summed E-state index contributed by atoms with van der Waals surface area (Å²) in [6.45, 7) is 10.6. The summed E-state index contributed by atoms with van der Waals surface area (Å²) in [4.78, 5) is 0. The van der Waals surface area contributed by atoms with E-state index in [1.165, 1.54) is 5.56 Å². The van der Waals surface area contributed by atoms with Gasteiger partial charge in [-0.3, -0.25) is 0 Å². The number of halogens is 1. The van der Waals surface area contributed by atoms with Gasteiger partial charge in [0.1, 0.15) is 5.75 Å². The van der Waals surface area contributed by atoms with E-state index >= 15 is 0 Å². The normalized spacial score (nSPS) is 11.1. The first-order valence-corrected chi connectivity index (χ1v) is 6.20.